The number of benzene rings is 1. The number of ether oxygens (including phenoxy) is 1. The molecule has 1 aromatic rings. The van der Waals surface area contributed by atoms with Crippen molar-refractivity contribution in [2.75, 3.05) is 13.7 Å². The van der Waals surface area contributed by atoms with Crippen molar-refractivity contribution in [2.45, 2.75) is 83.3 Å². The second-order valence-corrected chi connectivity index (χ2v) is 12.2. The van der Waals surface area contributed by atoms with Crippen LogP contribution in [0.1, 0.15) is 82.0 Å². The zero-order valence-corrected chi connectivity index (χ0v) is 20.8. The first kappa shape index (κ1) is 23.4. The van der Waals surface area contributed by atoms with Gasteiger partial charge in [0.05, 0.1) is 12.2 Å². The predicted octanol–water partition coefficient (Wildman–Crippen LogP) is 5.45. The van der Waals surface area contributed by atoms with Crippen molar-refractivity contribution in [3.05, 3.63) is 35.9 Å². The molecule has 4 aliphatic rings. The van der Waals surface area contributed by atoms with Gasteiger partial charge in [-0.05, 0) is 118 Å². The Morgan fingerprint density at radius 1 is 1.06 bits per heavy atom. The molecule has 4 saturated carbocycles. The van der Waals surface area contributed by atoms with Gasteiger partial charge in [-0.25, -0.2) is 0 Å². The van der Waals surface area contributed by atoms with Crippen molar-refractivity contribution in [3.63, 3.8) is 0 Å². The van der Waals surface area contributed by atoms with Crippen LogP contribution in [0, 0.1) is 40.9 Å². The standard InChI is InChI=1S/C29H43NO3/c1-19(30-27(31)20-7-5-4-6-8-20)25-11-12-26-24-10-9-21-17-29(32,18-33-3)16-14-22(21)23(24)13-15-28(25,26)2/h4-8,19,21-26,32H,9-18H2,1-3H3,(H,30,31)/t19?,21-,22+,23-,24-,25-,26+,28-,29-/m1/s1. The Morgan fingerprint density at radius 2 is 1.82 bits per heavy atom. The molecule has 5 rings (SSSR count). The maximum absolute atomic E-state index is 12.8. The maximum Gasteiger partial charge on any atom is 0.251 e. The molecule has 0 radical (unpaired) electrons. The van der Waals surface area contributed by atoms with Crippen molar-refractivity contribution < 1.29 is 14.6 Å². The topological polar surface area (TPSA) is 58.6 Å². The molecule has 0 aromatic heterocycles. The van der Waals surface area contributed by atoms with Crippen molar-refractivity contribution in [1.29, 1.82) is 0 Å². The third-order valence-corrected chi connectivity index (χ3v) is 10.6. The Bertz CT molecular complexity index is 843. The first-order valence-electron chi connectivity index (χ1n) is 13.4. The average molecular weight is 454 g/mol. The first-order valence-corrected chi connectivity index (χ1v) is 13.4. The lowest BCUT2D eigenvalue weighted by Gasteiger charge is -2.57. The van der Waals surface area contributed by atoms with E-state index in [-0.39, 0.29) is 11.9 Å². The van der Waals surface area contributed by atoms with Crippen LogP contribution in [0.4, 0.5) is 0 Å². The molecule has 0 saturated heterocycles. The molecule has 182 valence electrons. The molecule has 33 heavy (non-hydrogen) atoms. The lowest BCUT2D eigenvalue weighted by molar-refractivity contribution is -0.125. The van der Waals surface area contributed by atoms with E-state index in [0.29, 0.717) is 23.9 Å². The smallest absolute Gasteiger partial charge is 0.251 e. The summed E-state index contributed by atoms with van der Waals surface area (Å²) >= 11 is 0. The van der Waals surface area contributed by atoms with E-state index in [1.165, 1.54) is 44.9 Å². The van der Waals surface area contributed by atoms with E-state index in [9.17, 15) is 9.90 Å². The zero-order chi connectivity index (χ0) is 23.2. The minimum atomic E-state index is -0.600. The van der Waals surface area contributed by atoms with E-state index in [0.717, 1.165) is 42.1 Å². The van der Waals surface area contributed by atoms with E-state index in [1.54, 1.807) is 7.11 Å². The number of methoxy groups -OCH3 is 1. The molecule has 4 fully saturated rings. The van der Waals surface area contributed by atoms with Gasteiger partial charge in [-0.2, -0.15) is 0 Å². The van der Waals surface area contributed by atoms with Crippen LogP contribution in [0.3, 0.4) is 0 Å². The Labute approximate surface area is 199 Å². The predicted molar refractivity (Wildman–Crippen MR) is 131 cm³/mol. The molecule has 0 bridgehead atoms. The first-order chi connectivity index (χ1) is 15.8. The highest BCUT2D eigenvalue weighted by Gasteiger charge is 2.58. The molecule has 1 amide bonds. The van der Waals surface area contributed by atoms with Gasteiger partial charge in [0.1, 0.15) is 0 Å². The van der Waals surface area contributed by atoms with Crippen molar-refractivity contribution in [1.82, 2.24) is 5.32 Å². The SMILES string of the molecule is COC[C@@]1(O)CC[C@H]2[C@H](CC[C@@H]3[C@@H]2CC[C@]2(C)[C@@H](C(C)NC(=O)c4ccccc4)CC[C@@H]32)C1. The van der Waals surface area contributed by atoms with E-state index in [2.05, 4.69) is 19.2 Å². The van der Waals surface area contributed by atoms with Crippen molar-refractivity contribution in [3.8, 4) is 0 Å². The molecular formula is C29H43NO3. The van der Waals surface area contributed by atoms with Gasteiger partial charge in [0.2, 0.25) is 0 Å². The molecule has 4 nitrogen and oxygen atoms in total. The number of carbonyl (C=O) groups excluding carboxylic acids is 1. The summed E-state index contributed by atoms with van der Waals surface area (Å²) in [6.45, 7) is 5.26. The quantitative estimate of drug-likeness (QED) is 0.623. The fraction of sp³-hybridized carbons (Fsp3) is 0.759. The van der Waals surface area contributed by atoms with Gasteiger partial charge in [-0.1, -0.05) is 25.1 Å². The summed E-state index contributed by atoms with van der Waals surface area (Å²) in [4.78, 5) is 12.8. The molecule has 9 atom stereocenters. The summed E-state index contributed by atoms with van der Waals surface area (Å²) < 4.78 is 5.35. The number of nitrogens with one attached hydrogen (secondary N) is 1. The van der Waals surface area contributed by atoms with Crippen molar-refractivity contribution >= 4 is 5.91 Å². The minimum Gasteiger partial charge on any atom is -0.387 e. The van der Waals surface area contributed by atoms with E-state index in [1.807, 2.05) is 30.3 Å². The molecule has 4 aliphatic carbocycles. The Morgan fingerprint density at radius 3 is 2.58 bits per heavy atom. The molecule has 4 heteroatoms. The van der Waals surface area contributed by atoms with Gasteiger partial charge in [0, 0.05) is 18.7 Å². The number of aliphatic hydroxyl groups is 1. The van der Waals surface area contributed by atoms with E-state index >= 15 is 0 Å². The molecule has 0 spiro atoms. The highest BCUT2D eigenvalue weighted by molar-refractivity contribution is 5.94. The second-order valence-electron chi connectivity index (χ2n) is 12.2. The van der Waals surface area contributed by atoms with Gasteiger partial charge in [-0.3, -0.25) is 4.79 Å². The van der Waals surface area contributed by atoms with E-state index in [4.69, 9.17) is 4.74 Å². The van der Waals surface area contributed by atoms with Crippen molar-refractivity contribution in [2.24, 2.45) is 40.9 Å². The zero-order valence-electron chi connectivity index (χ0n) is 20.8. The summed E-state index contributed by atoms with van der Waals surface area (Å²) in [6, 6.07) is 9.85. The highest BCUT2D eigenvalue weighted by Crippen LogP contribution is 2.65. The Kier molecular flexibility index (Phi) is 6.37. The molecule has 0 aliphatic heterocycles. The monoisotopic (exact) mass is 453 g/mol. The average Bonchev–Trinajstić information content (AvgIpc) is 3.16. The van der Waals surface area contributed by atoms with Crippen LogP contribution in [0.2, 0.25) is 0 Å². The van der Waals surface area contributed by atoms with Crippen LogP contribution < -0.4 is 5.32 Å². The summed E-state index contributed by atoms with van der Waals surface area (Å²) in [5.74, 6) is 4.55. The normalized spacial score (nSPS) is 43.2. The van der Waals surface area contributed by atoms with Gasteiger partial charge >= 0.3 is 0 Å². The number of carbonyl (C=O) groups is 1. The number of hydrogen-bond donors (Lipinski definition) is 2. The summed E-state index contributed by atoms with van der Waals surface area (Å²) in [7, 11) is 1.71. The van der Waals surface area contributed by atoms with Gasteiger partial charge in [0.25, 0.3) is 5.91 Å². The number of rotatable bonds is 5. The van der Waals surface area contributed by atoms with Gasteiger partial charge < -0.3 is 15.2 Å². The largest absolute Gasteiger partial charge is 0.387 e. The van der Waals surface area contributed by atoms with Crippen LogP contribution >= 0.6 is 0 Å². The van der Waals surface area contributed by atoms with Gasteiger partial charge in [0.15, 0.2) is 0 Å². The third-order valence-electron chi connectivity index (χ3n) is 10.6. The lowest BCUT2D eigenvalue weighted by Crippen LogP contribution is -2.53. The Balaban J connectivity index is 1.26. The van der Waals surface area contributed by atoms with Crippen LogP contribution in [-0.2, 0) is 4.74 Å². The highest BCUT2D eigenvalue weighted by atomic mass is 16.5. The number of fused-ring (bicyclic) bond motifs is 5. The van der Waals surface area contributed by atoms with E-state index < -0.39 is 5.60 Å². The number of amides is 1. The number of hydrogen-bond acceptors (Lipinski definition) is 3. The maximum atomic E-state index is 12.8. The van der Waals surface area contributed by atoms with Crippen LogP contribution in [-0.4, -0.2) is 36.4 Å². The molecule has 2 N–H and O–H groups in total. The second kappa shape index (κ2) is 9.00. The fourth-order valence-electron chi connectivity index (χ4n) is 9.20. The molecule has 0 heterocycles. The summed E-state index contributed by atoms with van der Waals surface area (Å²) in [6.07, 6.45) is 10.8. The molecule has 1 aromatic carbocycles. The van der Waals surface area contributed by atoms with Gasteiger partial charge in [-0.15, -0.1) is 0 Å². The molecular weight excluding hydrogens is 410 g/mol. The third kappa shape index (κ3) is 4.16. The lowest BCUT2D eigenvalue weighted by atomic mass is 9.48. The fourth-order valence-corrected chi connectivity index (χ4v) is 9.20. The summed E-state index contributed by atoms with van der Waals surface area (Å²) in [5.41, 5.74) is 0.497. The summed E-state index contributed by atoms with van der Waals surface area (Å²) in [5, 5.41) is 14.3. The van der Waals surface area contributed by atoms with Crippen LogP contribution in [0.25, 0.3) is 0 Å². The molecule has 1 unspecified atom stereocenters. The van der Waals surface area contributed by atoms with Crippen LogP contribution in [0.5, 0.6) is 0 Å². The van der Waals surface area contributed by atoms with Crippen LogP contribution in [0.15, 0.2) is 30.3 Å². The minimum absolute atomic E-state index is 0.0649. The Hall–Kier alpha value is -1.39.